The van der Waals surface area contributed by atoms with Crippen LogP contribution in [0.3, 0.4) is 0 Å². The Labute approximate surface area is 180 Å². The van der Waals surface area contributed by atoms with Crippen molar-refractivity contribution < 1.29 is 9.20 Å². The normalized spacial score (nSPS) is 19.1. The molecule has 0 saturated carbocycles. The number of H-pyrrole nitrogens is 1. The van der Waals surface area contributed by atoms with Gasteiger partial charge in [-0.2, -0.15) is 0 Å². The summed E-state index contributed by atoms with van der Waals surface area (Å²) in [4.78, 5) is 20.0. The molecule has 3 aromatic carbocycles. The summed E-state index contributed by atoms with van der Waals surface area (Å²) < 4.78 is 7.90. The van der Waals surface area contributed by atoms with Gasteiger partial charge in [-0.05, 0) is 39.8 Å². The zero-order valence-corrected chi connectivity index (χ0v) is 17.3. The van der Waals surface area contributed by atoms with Crippen LogP contribution >= 0.6 is 15.9 Å². The SMILES string of the molecule is O=c1o[nH][n+](-c2ccccc2)c1C1=Nc2ccccc2N2C1C2c1ccc(Br)cc1. The van der Waals surface area contributed by atoms with E-state index in [0.717, 1.165) is 21.5 Å². The molecule has 2 aliphatic rings. The molecule has 0 bridgehead atoms. The van der Waals surface area contributed by atoms with Crippen LogP contribution in [-0.2, 0) is 0 Å². The zero-order valence-electron chi connectivity index (χ0n) is 15.7. The lowest BCUT2D eigenvalue weighted by Gasteiger charge is -2.14. The second-order valence-corrected chi connectivity index (χ2v) is 8.25. The molecule has 1 aromatic heterocycles. The monoisotopic (exact) mass is 459 g/mol. The highest BCUT2D eigenvalue weighted by atomic mass is 79.9. The van der Waals surface area contributed by atoms with E-state index in [9.17, 15) is 4.79 Å². The first-order valence-electron chi connectivity index (χ1n) is 9.63. The lowest BCUT2D eigenvalue weighted by Crippen LogP contribution is -2.43. The minimum atomic E-state index is -0.432. The predicted molar refractivity (Wildman–Crippen MR) is 117 cm³/mol. The lowest BCUT2D eigenvalue weighted by molar-refractivity contribution is -0.671. The third kappa shape index (κ3) is 2.59. The zero-order chi connectivity index (χ0) is 20.2. The van der Waals surface area contributed by atoms with E-state index in [-0.39, 0.29) is 12.1 Å². The van der Waals surface area contributed by atoms with E-state index in [1.165, 1.54) is 5.56 Å². The highest BCUT2D eigenvalue weighted by Gasteiger charge is 2.57. The van der Waals surface area contributed by atoms with E-state index < -0.39 is 5.63 Å². The molecular weight excluding hydrogens is 444 g/mol. The maximum Gasteiger partial charge on any atom is 0.437 e. The van der Waals surface area contributed by atoms with Gasteiger partial charge in [0.15, 0.2) is 0 Å². The van der Waals surface area contributed by atoms with Gasteiger partial charge < -0.3 is 4.90 Å². The molecular formula is C23H16BrN4O2+. The Hall–Kier alpha value is -3.45. The summed E-state index contributed by atoms with van der Waals surface area (Å²) in [5, 5.41) is 2.74. The fourth-order valence-corrected chi connectivity index (χ4v) is 4.50. The van der Waals surface area contributed by atoms with Crippen LogP contribution in [0, 0.1) is 0 Å². The molecule has 30 heavy (non-hydrogen) atoms. The number of hydrogen-bond donors (Lipinski definition) is 1. The van der Waals surface area contributed by atoms with E-state index in [1.807, 2.05) is 60.7 Å². The summed E-state index contributed by atoms with van der Waals surface area (Å²) in [6, 6.07) is 26.0. The van der Waals surface area contributed by atoms with E-state index in [1.54, 1.807) is 4.68 Å². The Morgan fingerprint density at radius 1 is 0.933 bits per heavy atom. The van der Waals surface area contributed by atoms with E-state index in [2.05, 4.69) is 44.3 Å². The summed E-state index contributed by atoms with van der Waals surface area (Å²) in [6.45, 7) is 0. The van der Waals surface area contributed by atoms with E-state index in [4.69, 9.17) is 9.52 Å². The van der Waals surface area contributed by atoms with Gasteiger partial charge in [0.2, 0.25) is 5.69 Å². The maximum absolute atomic E-state index is 12.8. The Morgan fingerprint density at radius 2 is 1.67 bits per heavy atom. The molecule has 7 heteroatoms. The number of aliphatic imine (C=N–C) groups is 1. The van der Waals surface area contributed by atoms with Gasteiger partial charge in [0, 0.05) is 16.6 Å². The first-order valence-corrected chi connectivity index (χ1v) is 10.4. The largest absolute Gasteiger partial charge is 0.437 e. The fourth-order valence-electron chi connectivity index (χ4n) is 4.23. The first-order chi connectivity index (χ1) is 14.7. The third-order valence-corrected chi connectivity index (χ3v) is 6.13. The Kier molecular flexibility index (Phi) is 3.79. The molecule has 0 aliphatic carbocycles. The number of aromatic amines is 1. The molecule has 0 spiro atoms. The fraction of sp³-hybridized carbons (Fsp3) is 0.0870. The number of aromatic nitrogens is 2. The van der Waals surface area contributed by atoms with Gasteiger partial charge in [0.25, 0.3) is 0 Å². The molecule has 2 aliphatic heterocycles. The molecule has 4 aromatic rings. The van der Waals surface area contributed by atoms with Crippen molar-refractivity contribution in [2.75, 3.05) is 4.90 Å². The summed E-state index contributed by atoms with van der Waals surface area (Å²) in [5.74, 6) is 0. The molecule has 3 heterocycles. The number of nitrogens with zero attached hydrogens (tertiary/aromatic N) is 3. The molecule has 0 radical (unpaired) electrons. The minimum absolute atomic E-state index is 0.0327. The number of halogens is 1. The molecule has 1 saturated heterocycles. The molecule has 146 valence electrons. The quantitative estimate of drug-likeness (QED) is 0.370. The molecule has 1 N–H and O–H groups in total. The van der Waals surface area contributed by atoms with Crippen molar-refractivity contribution in [3.05, 3.63) is 105 Å². The molecule has 6 nitrogen and oxygen atoms in total. The molecule has 6 rings (SSSR count). The van der Waals surface area contributed by atoms with Crippen molar-refractivity contribution >= 4 is 33.0 Å². The second-order valence-electron chi connectivity index (χ2n) is 7.33. The number of anilines is 1. The lowest BCUT2D eigenvalue weighted by atomic mass is 10.1. The topological polar surface area (TPSA) is 65.2 Å². The van der Waals surface area contributed by atoms with Crippen molar-refractivity contribution in [3.8, 4) is 5.69 Å². The van der Waals surface area contributed by atoms with Crippen LogP contribution in [0.1, 0.15) is 17.3 Å². The van der Waals surface area contributed by atoms with Gasteiger partial charge in [-0.25, -0.2) is 9.79 Å². The van der Waals surface area contributed by atoms with Gasteiger partial charge >= 0.3 is 11.3 Å². The smallest absolute Gasteiger partial charge is 0.349 e. The average Bonchev–Trinajstić information content (AvgIpc) is 3.42. The van der Waals surface area contributed by atoms with Crippen LogP contribution in [0.5, 0.6) is 0 Å². The summed E-state index contributed by atoms with van der Waals surface area (Å²) in [5.41, 5.74) is 4.61. The standard InChI is InChI=1S/C23H15BrN4O2/c24-15-12-10-14(11-13-15)20-21-19(25-17-8-4-5-9-18(17)27(20)21)22-23(29)30-26-28(22)16-6-2-1-3-7-16/h1-13,20-21H/p+1. The minimum Gasteiger partial charge on any atom is -0.349 e. The number of nitrogens with one attached hydrogen (secondary N) is 1. The van der Waals surface area contributed by atoms with Gasteiger partial charge in [0.05, 0.1) is 17.4 Å². The number of hydrogen-bond acceptors (Lipinski definition) is 4. The maximum atomic E-state index is 12.8. The van der Waals surface area contributed by atoms with Crippen molar-refractivity contribution in [3.63, 3.8) is 0 Å². The molecule has 2 unspecified atom stereocenters. The molecule has 0 amide bonds. The molecule has 1 fully saturated rings. The van der Waals surface area contributed by atoms with Gasteiger partial charge in [0.1, 0.15) is 11.8 Å². The number of rotatable bonds is 3. The van der Waals surface area contributed by atoms with Crippen LogP contribution in [0.2, 0.25) is 0 Å². The average molecular weight is 460 g/mol. The predicted octanol–water partition coefficient (Wildman–Crippen LogP) is 4.07. The number of para-hydroxylation sites is 3. The van der Waals surface area contributed by atoms with Crippen LogP contribution in [-0.4, -0.2) is 17.0 Å². The third-order valence-electron chi connectivity index (χ3n) is 5.60. The van der Waals surface area contributed by atoms with Crippen molar-refractivity contribution in [2.24, 2.45) is 4.99 Å². The van der Waals surface area contributed by atoms with E-state index >= 15 is 0 Å². The van der Waals surface area contributed by atoms with Crippen LogP contribution in [0.25, 0.3) is 5.69 Å². The Balaban J connectivity index is 1.53. The van der Waals surface area contributed by atoms with Crippen molar-refractivity contribution in [1.29, 1.82) is 0 Å². The van der Waals surface area contributed by atoms with Gasteiger partial charge in [-0.3, -0.25) is 4.52 Å². The summed E-state index contributed by atoms with van der Waals surface area (Å²) in [7, 11) is 0. The van der Waals surface area contributed by atoms with Crippen molar-refractivity contribution in [1.82, 2.24) is 5.27 Å². The Morgan fingerprint density at radius 3 is 2.47 bits per heavy atom. The second kappa shape index (κ2) is 6.53. The first kappa shape index (κ1) is 17.4. The van der Waals surface area contributed by atoms with Crippen LogP contribution < -0.4 is 15.2 Å². The van der Waals surface area contributed by atoms with Gasteiger partial charge in [-0.15, -0.1) is 0 Å². The van der Waals surface area contributed by atoms with Crippen molar-refractivity contribution in [2.45, 2.75) is 12.1 Å². The number of fused-ring (bicyclic) bond motifs is 3. The highest BCUT2D eigenvalue weighted by molar-refractivity contribution is 9.10. The Bertz CT molecular complexity index is 1340. The summed E-state index contributed by atoms with van der Waals surface area (Å²) in [6.07, 6.45) is 0. The summed E-state index contributed by atoms with van der Waals surface area (Å²) >= 11 is 3.51. The molecule has 2 atom stereocenters. The van der Waals surface area contributed by atoms with Crippen LogP contribution in [0.15, 0.2) is 97.6 Å². The van der Waals surface area contributed by atoms with Gasteiger partial charge in [-0.1, -0.05) is 58.4 Å². The van der Waals surface area contributed by atoms with E-state index in [0.29, 0.717) is 11.4 Å². The van der Waals surface area contributed by atoms with Crippen LogP contribution in [0.4, 0.5) is 11.4 Å². The highest BCUT2D eigenvalue weighted by Crippen LogP contribution is 2.54. The number of benzene rings is 3.